The summed E-state index contributed by atoms with van der Waals surface area (Å²) >= 11 is 6.00. The summed E-state index contributed by atoms with van der Waals surface area (Å²) in [6, 6.07) is 20.3. The van der Waals surface area contributed by atoms with Crippen molar-refractivity contribution in [3.63, 3.8) is 0 Å². The van der Waals surface area contributed by atoms with Gasteiger partial charge in [-0.1, -0.05) is 41.9 Å². The molecular formula is C23H20ClN3O3. The van der Waals surface area contributed by atoms with Crippen LogP contribution >= 0.6 is 11.6 Å². The summed E-state index contributed by atoms with van der Waals surface area (Å²) in [5.41, 5.74) is 1.97. The Hall–Kier alpha value is -3.51. The van der Waals surface area contributed by atoms with Gasteiger partial charge in [-0.15, -0.1) is 0 Å². The molecule has 0 spiro atoms. The Kier molecular flexibility index (Phi) is 6.15. The van der Waals surface area contributed by atoms with Crippen LogP contribution in [0.5, 0.6) is 11.5 Å². The van der Waals surface area contributed by atoms with Gasteiger partial charge in [-0.25, -0.2) is 4.98 Å². The van der Waals surface area contributed by atoms with E-state index >= 15 is 0 Å². The molecule has 0 aliphatic heterocycles. The third-order valence-electron chi connectivity index (χ3n) is 4.38. The number of fused-ring (bicyclic) bond motifs is 1. The number of amides is 1. The Morgan fingerprint density at radius 1 is 0.933 bits per heavy atom. The highest BCUT2D eigenvalue weighted by molar-refractivity contribution is 6.30. The molecule has 6 nitrogen and oxygen atoms in total. The normalized spacial score (nSPS) is 10.7. The third kappa shape index (κ3) is 4.90. The van der Waals surface area contributed by atoms with Gasteiger partial charge in [-0.2, -0.15) is 0 Å². The lowest BCUT2D eigenvalue weighted by atomic mass is 10.2. The van der Waals surface area contributed by atoms with Crippen LogP contribution in [-0.4, -0.2) is 28.5 Å². The van der Waals surface area contributed by atoms with E-state index in [-0.39, 0.29) is 5.91 Å². The maximum Gasteiger partial charge on any atom is 0.255 e. The predicted molar refractivity (Wildman–Crippen MR) is 115 cm³/mol. The van der Waals surface area contributed by atoms with Crippen LogP contribution in [0.2, 0.25) is 5.02 Å². The van der Waals surface area contributed by atoms with Gasteiger partial charge in [0.1, 0.15) is 30.4 Å². The summed E-state index contributed by atoms with van der Waals surface area (Å²) in [6.45, 7) is 1.000. The lowest BCUT2D eigenvalue weighted by Gasteiger charge is -2.12. The molecule has 4 aromatic rings. The third-order valence-corrected chi connectivity index (χ3v) is 4.60. The number of benzene rings is 2. The maximum absolute atomic E-state index is 12.7. The van der Waals surface area contributed by atoms with Crippen LogP contribution < -0.4 is 14.8 Å². The van der Waals surface area contributed by atoms with Crippen molar-refractivity contribution in [2.45, 2.75) is 6.54 Å². The summed E-state index contributed by atoms with van der Waals surface area (Å²) in [5.74, 6) is 1.05. The summed E-state index contributed by atoms with van der Waals surface area (Å²) < 4.78 is 13.2. The molecule has 0 radical (unpaired) electrons. The molecule has 0 bridgehead atoms. The highest BCUT2D eigenvalue weighted by atomic mass is 35.5. The lowest BCUT2D eigenvalue weighted by Crippen LogP contribution is -2.24. The van der Waals surface area contributed by atoms with Gasteiger partial charge in [0, 0.05) is 12.4 Å². The van der Waals surface area contributed by atoms with E-state index in [9.17, 15) is 4.79 Å². The highest BCUT2D eigenvalue weighted by Crippen LogP contribution is 2.18. The van der Waals surface area contributed by atoms with Gasteiger partial charge in [0.05, 0.1) is 22.8 Å². The van der Waals surface area contributed by atoms with Crippen molar-refractivity contribution in [3.8, 4) is 11.5 Å². The van der Waals surface area contributed by atoms with Gasteiger partial charge in [-0.3, -0.25) is 4.79 Å². The Morgan fingerprint density at radius 2 is 1.70 bits per heavy atom. The van der Waals surface area contributed by atoms with Crippen molar-refractivity contribution in [2.24, 2.45) is 0 Å². The van der Waals surface area contributed by atoms with E-state index in [1.807, 2.05) is 53.1 Å². The van der Waals surface area contributed by atoms with Gasteiger partial charge in [-0.05, 0) is 36.4 Å². The highest BCUT2D eigenvalue weighted by Gasteiger charge is 2.13. The fourth-order valence-electron chi connectivity index (χ4n) is 2.98. The number of nitrogens with one attached hydrogen (secondary N) is 1. The Balaban J connectivity index is 1.34. The van der Waals surface area contributed by atoms with Gasteiger partial charge >= 0.3 is 0 Å². The summed E-state index contributed by atoms with van der Waals surface area (Å²) in [5, 5.41) is 3.51. The van der Waals surface area contributed by atoms with Crippen molar-refractivity contribution in [2.75, 3.05) is 13.2 Å². The molecule has 1 N–H and O–H groups in total. The molecule has 0 atom stereocenters. The summed E-state index contributed by atoms with van der Waals surface area (Å²) in [7, 11) is 0. The molecule has 4 rings (SSSR count). The number of para-hydroxylation sites is 2. The van der Waals surface area contributed by atoms with E-state index in [1.54, 1.807) is 30.5 Å². The smallest absolute Gasteiger partial charge is 0.255 e. The van der Waals surface area contributed by atoms with E-state index < -0.39 is 0 Å². The summed E-state index contributed by atoms with van der Waals surface area (Å²) in [4.78, 5) is 17.2. The zero-order valence-electron chi connectivity index (χ0n) is 16.1. The molecular weight excluding hydrogens is 402 g/mol. The van der Waals surface area contributed by atoms with Crippen LogP contribution in [0.15, 0.2) is 79.1 Å². The fourth-order valence-corrected chi connectivity index (χ4v) is 3.14. The zero-order chi connectivity index (χ0) is 20.8. The molecule has 2 aromatic heterocycles. The molecule has 7 heteroatoms. The van der Waals surface area contributed by atoms with E-state index in [0.717, 1.165) is 17.1 Å². The van der Waals surface area contributed by atoms with Crippen molar-refractivity contribution in [1.82, 2.24) is 14.7 Å². The minimum atomic E-state index is -0.232. The number of aromatic nitrogens is 2. The number of imidazole rings is 1. The number of carbonyl (C=O) groups is 1. The second kappa shape index (κ2) is 9.33. The lowest BCUT2D eigenvalue weighted by molar-refractivity contribution is 0.0945. The van der Waals surface area contributed by atoms with E-state index in [0.29, 0.717) is 36.1 Å². The first-order valence-corrected chi connectivity index (χ1v) is 9.88. The molecule has 30 heavy (non-hydrogen) atoms. The molecule has 2 aromatic carbocycles. The van der Waals surface area contributed by atoms with Crippen molar-refractivity contribution < 1.29 is 14.3 Å². The second-order valence-corrected chi connectivity index (χ2v) is 6.97. The number of nitrogens with zero attached hydrogens (tertiary/aromatic N) is 2. The standard InChI is InChI=1S/C23H20ClN3O3/c24-17-10-11-22-26-18(16-27(22)15-17)14-25-23(28)20-8-4-5-9-21(20)30-13-12-29-19-6-2-1-3-7-19/h1-11,15-16H,12-14H2,(H,25,28). The average molecular weight is 422 g/mol. The molecule has 1 amide bonds. The molecule has 0 unspecified atom stereocenters. The minimum absolute atomic E-state index is 0.232. The van der Waals surface area contributed by atoms with E-state index in [1.165, 1.54) is 0 Å². The molecule has 0 aliphatic carbocycles. The minimum Gasteiger partial charge on any atom is -0.490 e. The molecule has 0 aliphatic rings. The van der Waals surface area contributed by atoms with Crippen molar-refractivity contribution >= 4 is 23.2 Å². The van der Waals surface area contributed by atoms with Gasteiger partial charge in [0.2, 0.25) is 0 Å². The number of halogens is 1. The van der Waals surface area contributed by atoms with Crippen LogP contribution in [0.25, 0.3) is 5.65 Å². The zero-order valence-corrected chi connectivity index (χ0v) is 16.9. The van der Waals surface area contributed by atoms with Crippen molar-refractivity contribution in [1.29, 1.82) is 0 Å². The van der Waals surface area contributed by atoms with Crippen LogP contribution in [-0.2, 0) is 6.54 Å². The first-order chi connectivity index (χ1) is 14.7. The summed E-state index contributed by atoms with van der Waals surface area (Å²) in [6.07, 6.45) is 3.61. The van der Waals surface area contributed by atoms with Crippen molar-refractivity contribution in [3.05, 3.63) is 95.4 Å². The van der Waals surface area contributed by atoms with Crippen LogP contribution in [0.1, 0.15) is 16.1 Å². The predicted octanol–water partition coefficient (Wildman–Crippen LogP) is 4.38. The maximum atomic E-state index is 12.7. The number of pyridine rings is 1. The molecule has 2 heterocycles. The van der Waals surface area contributed by atoms with Gasteiger partial charge in [0.25, 0.3) is 5.91 Å². The second-order valence-electron chi connectivity index (χ2n) is 6.53. The van der Waals surface area contributed by atoms with Gasteiger partial charge in [0.15, 0.2) is 0 Å². The molecule has 0 saturated carbocycles. The fraction of sp³-hybridized carbons (Fsp3) is 0.130. The topological polar surface area (TPSA) is 64.9 Å². The monoisotopic (exact) mass is 421 g/mol. The SMILES string of the molecule is O=C(NCc1cn2cc(Cl)ccc2n1)c1ccccc1OCCOc1ccccc1. The Bertz CT molecular complexity index is 1140. The molecule has 152 valence electrons. The number of hydrogen-bond donors (Lipinski definition) is 1. The van der Waals surface area contributed by atoms with Crippen LogP contribution in [0.3, 0.4) is 0 Å². The average Bonchev–Trinajstić information content (AvgIpc) is 3.18. The first kappa shape index (κ1) is 19.8. The van der Waals surface area contributed by atoms with Crippen LogP contribution in [0, 0.1) is 0 Å². The van der Waals surface area contributed by atoms with Crippen LogP contribution in [0.4, 0.5) is 0 Å². The number of ether oxygens (including phenoxy) is 2. The molecule has 0 saturated heterocycles. The largest absolute Gasteiger partial charge is 0.490 e. The van der Waals surface area contributed by atoms with E-state index in [2.05, 4.69) is 10.3 Å². The Labute approximate surface area is 179 Å². The first-order valence-electron chi connectivity index (χ1n) is 9.50. The van der Waals surface area contributed by atoms with Gasteiger partial charge < -0.3 is 19.2 Å². The van der Waals surface area contributed by atoms with E-state index in [4.69, 9.17) is 21.1 Å². The number of rotatable bonds is 8. The number of hydrogen-bond acceptors (Lipinski definition) is 4. The quantitative estimate of drug-likeness (QED) is 0.429. The Morgan fingerprint density at radius 3 is 2.57 bits per heavy atom. The number of carbonyl (C=O) groups excluding carboxylic acids is 1. The molecule has 0 fully saturated rings.